The van der Waals surface area contributed by atoms with Gasteiger partial charge in [0.1, 0.15) is 5.75 Å². The topological polar surface area (TPSA) is 56.1 Å². The zero-order chi connectivity index (χ0) is 16.8. The number of hydrogen-bond acceptors (Lipinski definition) is 3. The minimum absolute atomic E-state index is 0.0879. The molecular formula is C18H25N3O2. The number of hydrogen-bond donors (Lipinski definition) is 1. The van der Waals surface area contributed by atoms with Crippen LogP contribution in [0.25, 0.3) is 0 Å². The van der Waals surface area contributed by atoms with Crippen LogP contribution in [-0.2, 0) is 13.1 Å². The van der Waals surface area contributed by atoms with E-state index in [0.29, 0.717) is 18.7 Å². The summed E-state index contributed by atoms with van der Waals surface area (Å²) in [5, 5.41) is 7.43. The van der Waals surface area contributed by atoms with Crippen LogP contribution >= 0.6 is 0 Å². The number of aromatic nitrogens is 2. The number of amides is 1. The Labute approximate surface area is 137 Å². The maximum Gasteiger partial charge on any atom is 0.251 e. The second-order valence-electron chi connectivity index (χ2n) is 5.52. The van der Waals surface area contributed by atoms with Crippen LogP contribution in [-0.4, -0.2) is 22.3 Å². The fourth-order valence-corrected chi connectivity index (χ4v) is 2.49. The van der Waals surface area contributed by atoms with Gasteiger partial charge < -0.3 is 10.1 Å². The molecule has 0 radical (unpaired) electrons. The summed E-state index contributed by atoms with van der Waals surface area (Å²) >= 11 is 0. The molecule has 1 aromatic heterocycles. The van der Waals surface area contributed by atoms with Gasteiger partial charge in [-0.15, -0.1) is 0 Å². The van der Waals surface area contributed by atoms with Gasteiger partial charge in [0.05, 0.1) is 12.3 Å². The second-order valence-corrected chi connectivity index (χ2v) is 5.52. The summed E-state index contributed by atoms with van der Waals surface area (Å²) in [5.74, 6) is 0.703. The van der Waals surface area contributed by atoms with E-state index in [1.165, 1.54) is 0 Å². The van der Waals surface area contributed by atoms with Crippen molar-refractivity contribution in [2.45, 2.75) is 47.2 Å². The zero-order valence-electron chi connectivity index (χ0n) is 14.3. The molecule has 1 aromatic carbocycles. The lowest BCUT2D eigenvalue weighted by atomic mass is 10.1. The van der Waals surface area contributed by atoms with Gasteiger partial charge in [0.2, 0.25) is 0 Å². The Bertz CT molecular complexity index is 660. The van der Waals surface area contributed by atoms with Gasteiger partial charge in [0, 0.05) is 29.9 Å². The number of rotatable bonds is 7. The normalized spacial score (nSPS) is 10.6. The highest BCUT2D eigenvalue weighted by atomic mass is 16.5. The van der Waals surface area contributed by atoms with E-state index in [9.17, 15) is 4.79 Å². The van der Waals surface area contributed by atoms with Gasteiger partial charge in [-0.25, -0.2) is 0 Å². The monoisotopic (exact) mass is 315 g/mol. The molecule has 1 heterocycles. The molecule has 0 aliphatic carbocycles. The molecule has 0 atom stereocenters. The van der Waals surface area contributed by atoms with Gasteiger partial charge in [-0.3, -0.25) is 9.48 Å². The number of aryl methyl sites for hydroxylation is 2. The molecule has 1 N–H and O–H groups in total. The van der Waals surface area contributed by atoms with Crippen LogP contribution in [0.15, 0.2) is 24.3 Å². The summed E-state index contributed by atoms with van der Waals surface area (Å²) in [5.41, 5.74) is 3.79. The van der Waals surface area contributed by atoms with E-state index in [1.54, 1.807) is 12.1 Å². The van der Waals surface area contributed by atoms with Crippen molar-refractivity contribution in [1.29, 1.82) is 0 Å². The maximum absolute atomic E-state index is 12.3. The van der Waals surface area contributed by atoms with Gasteiger partial charge >= 0.3 is 0 Å². The largest absolute Gasteiger partial charge is 0.494 e. The molecule has 5 heteroatoms. The van der Waals surface area contributed by atoms with Crippen molar-refractivity contribution in [2.24, 2.45) is 0 Å². The standard InChI is InChI=1S/C18H25N3O2/c1-5-11-23-16-9-7-15(8-10-16)18(22)19-12-17-13(3)20-21(6-2)14(17)4/h7-10H,5-6,11-12H2,1-4H3,(H,19,22). The van der Waals surface area contributed by atoms with Crippen molar-refractivity contribution in [1.82, 2.24) is 15.1 Å². The molecule has 0 bridgehead atoms. The molecular weight excluding hydrogens is 290 g/mol. The molecule has 0 saturated carbocycles. The smallest absolute Gasteiger partial charge is 0.251 e. The van der Waals surface area contributed by atoms with Gasteiger partial charge in [0.15, 0.2) is 0 Å². The lowest BCUT2D eigenvalue weighted by molar-refractivity contribution is 0.0951. The minimum atomic E-state index is -0.0879. The molecule has 0 aliphatic rings. The van der Waals surface area contributed by atoms with E-state index >= 15 is 0 Å². The first kappa shape index (κ1) is 17.1. The van der Waals surface area contributed by atoms with Crippen LogP contribution in [0.4, 0.5) is 0 Å². The molecule has 2 rings (SSSR count). The lowest BCUT2D eigenvalue weighted by Crippen LogP contribution is -2.23. The average molecular weight is 315 g/mol. The van der Waals surface area contributed by atoms with Crippen LogP contribution < -0.4 is 10.1 Å². The number of benzene rings is 1. The van der Waals surface area contributed by atoms with Crippen LogP contribution in [0.2, 0.25) is 0 Å². The highest BCUT2D eigenvalue weighted by molar-refractivity contribution is 5.94. The van der Waals surface area contributed by atoms with Crippen molar-refractivity contribution >= 4 is 5.91 Å². The molecule has 124 valence electrons. The molecule has 0 saturated heterocycles. The Hall–Kier alpha value is -2.30. The fraction of sp³-hybridized carbons (Fsp3) is 0.444. The van der Waals surface area contributed by atoms with Crippen LogP contribution in [0.1, 0.15) is 47.6 Å². The van der Waals surface area contributed by atoms with E-state index in [1.807, 2.05) is 30.7 Å². The maximum atomic E-state index is 12.3. The number of nitrogens with zero attached hydrogens (tertiary/aromatic N) is 2. The molecule has 0 unspecified atom stereocenters. The molecule has 2 aromatic rings. The van der Waals surface area contributed by atoms with Crippen molar-refractivity contribution in [2.75, 3.05) is 6.61 Å². The average Bonchev–Trinajstić information content (AvgIpc) is 2.85. The number of nitrogens with one attached hydrogen (secondary N) is 1. The molecule has 0 spiro atoms. The van der Waals surface area contributed by atoms with E-state index < -0.39 is 0 Å². The first-order chi connectivity index (χ1) is 11.1. The fourth-order valence-electron chi connectivity index (χ4n) is 2.49. The highest BCUT2D eigenvalue weighted by Gasteiger charge is 2.12. The Kier molecular flexibility index (Phi) is 5.79. The van der Waals surface area contributed by atoms with Gasteiger partial charge in [-0.05, 0) is 51.5 Å². The Morgan fingerprint density at radius 2 is 1.91 bits per heavy atom. The molecule has 0 aliphatic heterocycles. The summed E-state index contributed by atoms with van der Waals surface area (Å²) in [7, 11) is 0. The SMILES string of the molecule is CCCOc1ccc(C(=O)NCc2c(C)nn(CC)c2C)cc1. The van der Waals surface area contributed by atoms with E-state index in [0.717, 1.165) is 35.7 Å². The zero-order valence-corrected chi connectivity index (χ0v) is 14.3. The summed E-state index contributed by atoms with van der Waals surface area (Å²) in [6.07, 6.45) is 0.965. The van der Waals surface area contributed by atoms with Crippen molar-refractivity contribution < 1.29 is 9.53 Å². The first-order valence-electron chi connectivity index (χ1n) is 8.10. The third kappa shape index (κ3) is 4.12. The van der Waals surface area contributed by atoms with E-state index in [-0.39, 0.29) is 5.91 Å². The summed E-state index contributed by atoms with van der Waals surface area (Å²) < 4.78 is 7.48. The predicted octanol–water partition coefficient (Wildman–Crippen LogP) is 3.24. The molecule has 0 fully saturated rings. The third-order valence-corrected chi connectivity index (χ3v) is 3.85. The van der Waals surface area contributed by atoms with E-state index in [4.69, 9.17) is 4.74 Å². The number of carbonyl (C=O) groups excluding carboxylic acids is 1. The van der Waals surface area contributed by atoms with Crippen molar-refractivity contribution in [3.63, 3.8) is 0 Å². The molecule has 1 amide bonds. The minimum Gasteiger partial charge on any atom is -0.494 e. The Morgan fingerprint density at radius 1 is 1.22 bits per heavy atom. The summed E-state index contributed by atoms with van der Waals surface area (Å²) in [4.78, 5) is 12.3. The molecule has 5 nitrogen and oxygen atoms in total. The Balaban J connectivity index is 1.98. The van der Waals surface area contributed by atoms with Crippen LogP contribution in [0, 0.1) is 13.8 Å². The summed E-state index contributed by atoms with van der Waals surface area (Å²) in [6.45, 7) is 10.1. The van der Waals surface area contributed by atoms with Gasteiger partial charge in [-0.1, -0.05) is 6.92 Å². The quantitative estimate of drug-likeness (QED) is 0.853. The van der Waals surface area contributed by atoms with E-state index in [2.05, 4.69) is 24.3 Å². The van der Waals surface area contributed by atoms with Crippen molar-refractivity contribution in [3.05, 3.63) is 46.8 Å². The molecule has 23 heavy (non-hydrogen) atoms. The predicted molar refractivity (Wildman–Crippen MR) is 90.8 cm³/mol. The van der Waals surface area contributed by atoms with Gasteiger partial charge in [0.25, 0.3) is 5.91 Å². The van der Waals surface area contributed by atoms with Gasteiger partial charge in [-0.2, -0.15) is 5.10 Å². The van der Waals surface area contributed by atoms with Crippen LogP contribution in [0.5, 0.6) is 5.75 Å². The first-order valence-corrected chi connectivity index (χ1v) is 8.10. The Morgan fingerprint density at radius 3 is 2.48 bits per heavy atom. The van der Waals surface area contributed by atoms with Crippen LogP contribution in [0.3, 0.4) is 0 Å². The highest BCUT2D eigenvalue weighted by Crippen LogP contribution is 2.14. The number of ether oxygens (including phenoxy) is 1. The second kappa shape index (κ2) is 7.81. The number of carbonyl (C=O) groups is 1. The lowest BCUT2D eigenvalue weighted by Gasteiger charge is -2.08. The van der Waals surface area contributed by atoms with Crippen molar-refractivity contribution in [3.8, 4) is 5.75 Å². The summed E-state index contributed by atoms with van der Waals surface area (Å²) in [6, 6.07) is 7.23. The third-order valence-electron chi connectivity index (χ3n) is 3.85.